The zero-order valence-corrected chi connectivity index (χ0v) is 20.7. The Morgan fingerprint density at radius 2 is 1.71 bits per heavy atom. The lowest BCUT2D eigenvalue weighted by molar-refractivity contribution is -0.113. The number of rotatable bonds is 8. The number of aryl methyl sites for hydroxylation is 1. The van der Waals surface area contributed by atoms with Crippen molar-refractivity contribution >= 4 is 62.2 Å². The van der Waals surface area contributed by atoms with Crippen LogP contribution in [-0.4, -0.2) is 30.2 Å². The molecule has 0 aliphatic heterocycles. The zero-order chi connectivity index (χ0) is 24.8. The van der Waals surface area contributed by atoms with Gasteiger partial charge in [0.2, 0.25) is 5.95 Å². The highest BCUT2D eigenvalue weighted by Gasteiger charge is 2.19. The molecule has 3 aromatic heterocycles. The molecule has 4 rings (SSSR count). The Labute approximate surface area is 209 Å². The van der Waals surface area contributed by atoms with Gasteiger partial charge in [0, 0.05) is 23.0 Å². The van der Waals surface area contributed by atoms with Crippen LogP contribution >= 0.6 is 22.7 Å². The van der Waals surface area contributed by atoms with Crippen molar-refractivity contribution in [2.45, 2.75) is 11.8 Å². The molecule has 0 radical (unpaired) electrons. The number of carbonyl (C=O) groups excluding carboxylic acids is 2. The van der Waals surface area contributed by atoms with Crippen LogP contribution in [0.3, 0.4) is 0 Å². The highest BCUT2D eigenvalue weighted by molar-refractivity contribution is 7.92. The number of hydrogen-bond acceptors (Lipinski definition) is 8. The van der Waals surface area contributed by atoms with E-state index in [1.165, 1.54) is 53.3 Å². The van der Waals surface area contributed by atoms with Crippen LogP contribution in [0.15, 0.2) is 82.3 Å². The molecule has 0 aliphatic carbocycles. The number of aromatic nitrogens is 2. The minimum absolute atomic E-state index is 0.0131. The number of nitrogens with one attached hydrogen (secondary N) is 3. The van der Waals surface area contributed by atoms with E-state index >= 15 is 0 Å². The van der Waals surface area contributed by atoms with E-state index in [0.29, 0.717) is 16.1 Å². The third-order valence-electron chi connectivity index (χ3n) is 4.62. The molecule has 0 spiro atoms. The maximum absolute atomic E-state index is 13.1. The van der Waals surface area contributed by atoms with Crippen molar-refractivity contribution in [2.75, 3.05) is 10.0 Å². The first-order valence-electron chi connectivity index (χ1n) is 10.1. The zero-order valence-electron chi connectivity index (χ0n) is 18.3. The van der Waals surface area contributed by atoms with E-state index in [4.69, 9.17) is 0 Å². The number of hydrogen-bond donors (Lipinski definition) is 3. The van der Waals surface area contributed by atoms with Crippen molar-refractivity contribution in [1.29, 1.82) is 0 Å². The molecule has 3 heterocycles. The Kier molecular flexibility index (Phi) is 7.34. The number of amides is 2. The number of nitrogens with zero attached hydrogens (tertiary/aromatic N) is 2. The lowest BCUT2D eigenvalue weighted by Crippen LogP contribution is -2.30. The number of carbonyl (C=O) groups is 2. The normalized spacial score (nSPS) is 11.6. The SMILES string of the molecule is Cc1cc(S(=O)(=O)Nc2ncccn2)ccc1NC(=O)/C(=C\c1cccs1)NC(=O)c1cccs1. The van der Waals surface area contributed by atoms with Crippen LogP contribution in [0.1, 0.15) is 20.1 Å². The lowest BCUT2D eigenvalue weighted by Gasteiger charge is -2.13. The summed E-state index contributed by atoms with van der Waals surface area (Å²) in [4.78, 5) is 34.6. The molecule has 12 heteroatoms. The first-order chi connectivity index (χ1) is 16.8. The van der Waals surface area contributed by atoms with E-state index in [1.54, 1.807) is 36.6 Å². The van der Waals surface area contributed by atoms with Gasteiger partial charge in [0.15, 0.2) is 0 Å². The summed E-state index contributed by atoms with van der Waals surface area (Å²) in [6, 6.07) is 12.9. The van der Waals surface area contributed by atoms with E-state index in [0.717, 1.165) is 4.88 Å². The summed E-state index contributed by atoms with van der Waals surface area (Å²) in [5, 5.41) is 9.05. The molecule has 0 fully saturated rings. The van der Waals surface area contributed by atoms with Crippen molar-refractivity contribution in [2.24, 2.45) is 0 Å². The predicted molar refractivity (Wildman–Crippen MR) is 137 cm³/mol. The van der Waals surface area contributed by atoms with Crippen LogP contribution < -0.4 is 15.4 Å². The number of thiophene rings is 2. The van der Waals surface area contributed by atoms with Gasteiger partial charge in [0.1, 0.15) is 5.70 Å². The molecule has 0 unspecified atom stereocenters. The molecular formula is C23H19N5O4S3. The van der Waals surface area contributed by atoms with Crippen LogP contribution in [0.5, 0.6) is 0 Å². The van der Waals surface area contributed by atoms with Crippen LogP contribution in [0.4, 0.5) is 11.6 Å². The number of benzene rings is 1. The van der Waals surface area contributed by atoms with Gasteiger partial charge in [0.05, 0.1) is 9.77 Å². The molecule has 178 valence electrons. The Bertz CT molecular complexity index is 1470. The van der Waals surface area contributed by atoms with Crippen LogP contribution in [0, 0.1) is 6.92 Å². The summed E-state index contributed by atoms with van der Waals surface area (Å²) in [5.41, 5.74) is 0.965. The summed E-state index contributed by atoms with van der Waals surface area (Å²) < 4.78 is 27.7. The fourth-order valence-electron chi connectivity index (χ4n) is 2.93. The van der Waals surface area contributed by atoms with E-state index in [9.17, 15) is 18.0 Å². The van der Waals surface area contributed by atoms with Gasteiger partial charge in [-0.2, -0.15) is 0 Å². The first kappa shape index (κ1) is 24.3. The van der Waals surface area contributed by atoms with Gasteiger partial charge < -0.3 is 10.6 Å². The smallest absolute Gasteiger partial charge is 0.272 e. The Morgan fingerprint density at radius 1 is 0.971 bits per heavy atom. The van der Waals surface area contributed by atoms with Gasteiger partial charge in [-0.3, -0.25) is 9.59 Å². The van der Waals surface area contributed by atoms with Gasteiger partial charge in [-0.15, -0.1) is 22.7 Å². The van der Waals surface area contributed by atoms with Gasteiger partial charge in [-0.1, -0.05) is 12.1 Å². The number of anilines is 2. The first-order valence-corrected chi connectivity index (χ1v) is 13.4. The van der Waals surface area contributed by atoms with Crippen molar-refractivity contribution in [3.63, 3.8) is 0 Å². The van der Waals surface area contributed by atoms with Gasteiger partial charge in [-0.05, 0) is 65.7 Å². The highest BCUT2D eigenvalue weighted by Crippen LogP contribution is 2.22. The summed E-state index contributed by atoms with van der Waals surface area (Å²) in [6.45, 7) is 1.67. The molecule has 0 aliphatic rings. The molecule has 0 atom stereocenters. The van der Waals surface area contributed by atoms with E-state index < -0.39 is 21.8 Å². The summed E-state index contributed by atoms with van der Waals surface area (Å²) >= 11 is 2.68. The molecule has 0 bridgehead atoms. The Morgan fingerprint density at radius 3 is 2.37 bits per heavy atom. The van der Waals surface area contributed by atoms with Gasteiger partial charge in [0.25, 0.3) is 21.8 Å². The largest absolute Gasteiger partial charge is 0.320 e. The highest BCUT2D eigenvalue weighted by atomic mass is 32.2. The summed E-state index contributed by atoms with van der Waals surface area (Å²) in [5.74, 6) is -0.990. The maximum atomic E-state index is 13.1. The monoisotopic (exact) mass is 525 g/mol. The van der Waals surface area contributed by atoms with Crippen LogP contribution in [0.2, 0.25) is 0 Å². The average molecular weight is 526 g/mol. The van der Waals surface area contributed by atoms with Crippen molar-refractivity contribution in [1.82, 2.24) is 15.3 Å². The second-order valence-corrected chi connectivity index (χ2v) is 10.7. The molecule has 0 saturated carbocycles. The average Bonchev–Trinajstić information content (AvgIpc) is 3.55. The molecule has 1 aromatic carbocycles. The lowest BCUT2D eigenvalue weighted by atomic mass is 10.2. The van der Waals surface area contributed by atoms with Crippen LogP contribution in [-0.2, 0) is 14.8 Å². The Balaban J connectivity index is 1.54. The minimum Gasteiger partial charge on any atom is -0.320 e. The second kappa shape index (κ2) is 10.6. The van der Waals surface area contributed by atoms with E-state index in [-0.39, 0.29) is 16.5 Å². The third-order valence-corrected chi connectivity index (χ3v) is 7.63. The summed E-state index contributed by atoms with van der Waals surface area (Å²) in [7, 11) is -3.93. The maximum Gasteiger partial charge on any atom is 0.272 e. The standard InChI is InChI=1S/C23H19N5O4S3/c1-15-13-17(35(31,32)28-23-24-9-4-10-25-23)7-8-18(15)26-21(29)19(14-16-5-2-11-33-16)27-22(30)20-6-3-12-34-20/h2-14H,1H3,(H,26,29)(H,27,30)(H,24,25,28)/b19-14+. The summed E-state index contributed by atoms with van der Waals surface area (Å²) in [6.07, 6.45) is 4.43. The molecule has 2 amide bonds. The topological polar surface area (TPSA) is 130 Å². The van der Waals surface area contributed by atoms with Crippen molar-refractivity contribution in [3.8, 4) is 0 Å². The van der Waals surface area contributed by atoms with E-state index in [2.05, 4.69) is 25.3 Å². The fourth-order valence-corrected chi connectivity index (χ4v) is 5.25. The fraction of sp³-hybridized carbons (Fsp3) is 0.0435. The second-order valence-electron chi connectivity index (χ2n) is 7.11. The molecular weight excluding hydrogens is 506 g/mol. The predicted octanol–water partition coefficient (Wildman–Crippen LogP) is 4.12. The molecule has 9 nitrogen and oxygen atoms in total. The van der Waals surface area contributed by atoms with Crippen LogP contribution in [0.25, 0.3) is 6.08 Å². The molecule has 3 N–H and O–H groups in total. The number of sulfonamides is 1. The minimum atomic E-state index is -3.93. The van der Waals surface area contributed by atoms with Gasteiger partial charge >= 0.3 is 0 Å². The molecule has 0 saturated heterocycles. The van der Waals surface area contributed by atoms with Crippen molar-refractivity contribution < 1.29 is 18.0 Å². The third kappa shape index (κ3) is 6.18. The van der Waals surface area contributed by atoms with Crippen molar-refractivity contribution in [3.05, 3.63) is 92.7 Å². The molecule has 35 heavy (non-hydrogen) atoms. The van der Waals surface area contributed by atoms with Gasteiger partial charge in [-0.25, -0.2) is 23.1 Å². The van der Waals surface area contributed by atoms with E-state index in [1.807, 2.05) is 17.5 Å². The quantitative estimate of drug-likeness (QED) is 0.297. The Hall–Kier alpha value is -3.87. The molecule has 4 aromatic rings.